The van der Waals surface area contributed by atoms with Crippen molar-refractivity contribution >= 4 is 32.6 Å². The molecule has 1 amide bonds. The number of nitrogen functional groups attached to an aromatic ring is 1. The number of hydrogen-bond donors (Lipinski definition) is 1. The molecule has 1 heterocycles. The zero-order valence-electron chi connectivity index (χ0n) is 11.1. The van der Waals surface area contributed by atoms with Gasteiger partial charge in [0.25, 0.3) is 5.91 Å². The normalized spacial score (nSPS) is 10.9. The van der Waals surface area contributed by atoms with E-state index in [1.54, 1.807) is 17.0 Å². The van der Waals surface area contributed by atoms with Gasteiger partial charge in [0, 0.05) is 18.2 Å². The summed E-state index contributed by atoms with van der Waals surface area (Å²) in [5.74, 6) is 0.00349. The van der Waals surface area contributed by atoms with Gasteiger partial charge in [0.05, 0.1) is 10.2 Å². The first-order valence-corrected chi connectivity index (χ1v) is 6.92. The van der Waals surface area contributed by atoms with Crippen LogP contribution in [0.25, 0.3) is 10.2 Å². The number of benzene rings is 1. The van der Waals surface area contributed by atoms with Gasteiger partial charge < -0.3 is 10.6 Å². The van der Waals surface area contributed by atoms with Crippen LogP contribution in [0.15, 0.2) is 30.9 Å². The van der Waals surface area contributed by atoms with Gasteiger partial charge in [-0.3, -0.25) is 4.79 Å². The van der Waals surface area contributed by atoms with Crippen molar-refractivity contribution in [3.63, 3.8) is 0 Å². The smallest absolute Gasteiger partial charge is 0.254 e. The van der Waals surface area contributed by atoms with E-state index >= 15 is 0 Å². The molecule has 1 aromatic heterocycles. The maximum absolute atomic E-state index is 12.5. The highest BCUT2D eigenvalue weighted by Crippen LogP contribution is 2.25. The van der Waals surface area contributed by atoms with Gasteiger partial charge >= 0.3 is 0 Å². The number of nitrogens with zero attached hydrogens (tertiary/aromatic N) is 2. The second kappa shape index (κ2) is 5.40. The van der Waals surface area contributed by atoms with E-state index in [-0.39, 0.29) is 11.9 Å². The molecule has 0 atom stereocenters. The summed E-state index contributed by atoms with van der Waals surface area (Å²) >= 11 is 1.39. The third-order valence-electron chi connectivity index (χ3n) is 2.86. The number of thiazole rings is 1. The molecule has 0 aliphatic rings. The quantitative estimate of drug-likeness (QED) is 0.873. The molecule has 0 saturated heterocycles. The number of anilines is 1. The number of carbonyl (C=O) groups is 1. The van der Waals surface area contributed by atoms with E-state index in [9.17, 15) is 4.79 Å². The number of hydrogen-bond acceptors (Lipinski definition) is 4. The van der Waals surface area contributed by atoms with Crippen molar-refractivity contribution in [3.8, 4) is 0 Å². The molecule has 0 bridgehead atoms. The zero-order valence-corrected chi connectivity index (χ0v) is 11.9. The van der Waals surface area contributed by atoms with Crippen molar-refractivity contribution in [1.82, 2.24) is 9.88 Å². The minimum absolute atomic E-state index is 0.00349. The first-order valence-electron chi connectivity index (χ1n) is 6.11. The molecule has 5 heteroatoms. The highest BCUT2D eigenvalue weighted by molar-refractivity contribution is 7.22. The summed E-state index contributed by atoms with van der Waals surface area (Å²) < 4.78 is 0.936. The van der Waals surface area contributed by atoms with Crippen molar-refractivity contribution in [2.24, 2.45) is 0 Å². The maximum Gasteiger partial charge on any atom is 0.254 e. The fourth-order valence-corrected chi connectivity index (χ4v) is 2.68. The van der Waals surface area contributed by atoms with Gasteiger partial charge in [0.1, 0.15) is 0 Å². The Labute approximate surface area is 116 Å². The van der Waals surface area contributed by atoms with Gasteiger partial charge in [-0.25, -0.2) is 4.98 Å². The van der Waals surface area contributed by atoms with Crippen LogP contribution in [0.5, 0.6) is 0 Å². The van der Waals surface area contributed by atoms with Crippen molar-refractivity contribution in [2.45, 2.75) is 19.9 Å². The number of fused-ring (bicyclic) bond motifs is 1. The number of carbonyl (C=O) groups excluding carboxylic acids is 1. The van der Waals surface area contributed by atoms with Gasteiger partial charge in [-0.1, -0.05) is 17.4 Å². The molecule has 0 unspecified atom stereocenters. The van der Waals surface area contributed by atoms with E-state index in [1.807, 2.05) is 26.0 Å². The summed E-state index contributed by atoms with van der Waals surface area (Å²) in [6.07, 6.45) is 1.74. The van der Waals surface area contributed by atoms with Crippen LogP contribution in [0.1, 0.15) is 24.2 Å². The Balaban J connectivity index is 2.36. The Bertz CT molecular complexity index is 618. The second-order valence-electron chi connectivity index (χ2n) is 4.57. The molecule has 0 fully saturated rings. The predicted molar refractivity (Wildman–Crippen MR) is 80.4 cm³/mol. The Hall–Kier alpha value is -1.88. The SMILES string of the molecule is C=CCN(C(=O)c1ccc2nc(N)sc2c1)C(C)C. The van der Waals surface area contributed by atoms with E-state index in [1.165, 1.54) is 11.3 Å². The van der Waals surface area contributed by atoms with Gasteiger partial charge in [0.15, 0.2) is 5.13 Å². The second-order valence-corrected chi connectivity index (χ2v) is 5.64. The summed E-state index contributed by atoms with van der Waals surface area (Å²) in [4.78, 5) is 18.4. The largest absolute Gasteiger partial charge is 0.375 e. The van der Waals surface area contributed by atoms with Gasteiger partial charge in [-0.15, -0.1) is 6.58 Å². The Kier molecular flexibility index (Phi) is 3.85. The lowest BCUT2D eigenvalue weighted by molar-refractivity contribution is 0.0729. The summed E-state index contributed by atoms with van der Waals surface area (Å²) in [5, 5.41) is 0.520. The van der Waals surface area contributed by atoms with E-state index in [2.05, 4.69) is 11.6 Å². The van der Waals surface area contributed by atoms with Crippen LogP contribution in [0.4, 0.5) is 5.13 Å². The zero-order chi connectivity index (χ0) is 14.0. The van der Waals surface area contributed by atoms with Crippen LogP contribution in [-0.4, -0.2) is 28.4 Å². The maximum atomic E-state index is 12.5. The molecule has 1 aromatic carbocycles. The molecule has 0 saturated carbocycles. The Morgan fingerprint density at radius 1 is 1.58 bits per heavy atom. The van der Waals surface area contributed by atoms with E-state index in [0.29, 0.717) is 17.2 Å². The highest BCUT2D eigenvalue weighted by atomic mass is 32.1. The average Bonchev–Trinajstić information content (AvgIpc) is 2.73. The van der Waals surface area contributed by atoms with E-state index in [0.717, 1.165) is 10.2 Å². The van der Waals surface area contributed by atoms with Crippen molar-refractivity contribution in [3.05, 3.63) is 36.4 Å². The number of nitrogens with two attached hydrogens (primary N) is 1. The lowest BCUT2D eigenvalue weighted by atomic mass is 10.1. The number of aromatic nitrogens is 1. The minimum Gasteiger partial charge on any atom is -0.375 e. The van der Waals surface area contributed by atoms with Crippen molar-refractivity contribution in [1.29, 1.82) is 0 Å². The molecule has 0 spiro atoms. The van der Waals surface area contributed by atoms with Crippen LogP contribution in [-0.2, 0) is 0 Å². The molecular weight excluding hydrogens is 258 g/mol. The van der Waals surface area contributed by atoms with Gasteiger partial charge in [-0.2, -0.15) is 0 Å². The molecule has 4 nitrogen and oxygen atoms in total. The van der Waals surface area contributed by atoms with E-state index < -0.39 is 0 Å². The van der Waals surface area contributed by atoms with Crippen LogP contribution in [0.3, 0.4) is 0 Å². The first kappa shape index (κ1) is 13.5. The number of rotatable bonds is 4. The molecule has 0 aliphatic carbocycles. The summed E-state index contributed by atoms with van der Waals surface area (Å²) in [5.41, 5.74) is 7.16. The standard InChI is InChI=1S/C14H17N3OS/c1-4-7-17(9(2)3)13(18)10-5-6-11-12(8-10)19-14(15)16-11/h4-6,8-9H,1,7H2,2-3H3,(H2,15,16). The summed E-state index contributed by atoms with van der Waals surface area (Å²) in [6, 6.07) is 5.61. The molecular formula is C14H17N3OS. The monoisotopic (exact) mass is 275 g/mol. The average molecular weight is 275 g/mol. The van der Waals surface area contributed by atoms with Crippen molar-refractivity contribution < 1.29 is 4.79 Å². The summed E-state index contributed by atoms with van der Waals surface area (Å²) in [7, 11) is 0. The third-order valence-corrected chi connectivity index (χ3v) is 3.71. The van der Waals surface area contributed by atoms with Gasteiger partial charge in [-0.05, 0) is 32.0 Å². The van der Waals surface area contributed by atoms with E-state index in [4.69, 9.17) is 5.73 Å². The molecule has 100 valence electrons. The first-order chi connectivity index (χ1) is 9.02. The van der Waals surface area contributed by atoms with Crippen LogP contribution in [0, 0.1) is 0 Å². The lowest BCUT2D eigenvalue weighted by Gasteiger charge is -2.25. The summed E-state index contributed by atoms with van der Waals surface area (Å²) in [6.45, 7) is 8.22. The van der Waals surface area contributed by atoms with Crippen molar-refractivity contribution in [2.75, 3.05) is 12.3 Å². The van der Waals surface area contributed by atoms with Gasteiger partial charge in [0.2, 0.25) is 0 Å². The molecule has 2 aromatic rings. The highest BCUT2D eigenvalue weighted by Gasteiger charge is 2.18. The molecule has 2 rings (SSSR count). The fraction of sp³-hybridized carbons (Fsp3) is 0.286. The topological polar surface area (TPSA) is 59.2 Å². The molecule has 19 heavy (non-hydrogen) atoms. The molecule has 2 N–H and O–H groups in total. The lowest BCUT2D eigenvalue weighted by Crippen LogP contribution is -2.36. The Morgan fingerprint density at radius 3 is 2.95 bits per heavy atom. The minimum atomic E-state index is 0.00349. The molecule has 0 aliphatic heterocycles. The Morgan fingerprint density at radius 2 is 2.32 bits per heavy atom. The van der Waals surface area contributed by atoms with Crippen LogP contribution < -0.4 is 5.73 Å². The van der Waals surface area contributed by atoms with Crippen LogP contribution >= 0.6 is 11.3 Å². The predicted octanol–water partition coefficient (Wildman–Crippen LogP) is 2.92. The fourth-order valence-electron chi connectivity index (χ4n) is 1.91. The van der Waals surface area contributed by atoms with Crippen LogP contribution in [0.2, 0.25) is 0 Å². The molecule has 0 radical (unpaired) electrons. The number of amides is 1. The third kappa shape index (κ3) is 2.76.